The number of nitrogens with one attached hydrogen (secondary N) is 1. The Kier molecular flexibility index (Phi) is 5.63. The van der Waals surface area contributed by atoms with Gasteiger partial charge in [0, 0.05) is 19.1 Å². The van der Waals surface area contributed by atoms with E-state index in [1.54, 1.807) is 7.11 Å². The van der Waals surface area contributed by atoms with Gasteiger partial charge in [-0.05, 0) is 37.7 Å². The van der Waals surface area contributed by atoms with Crippen LogP contribution in [-0.4, -0.2) is 51.9 Å². The number of hydrogen-bond donors (Lipinski definition) is 1. The first-order valence-corrected chi connectivity index (χ1v) is 6.95. The summed E-state index contributed by atoms with van der Waals surface area (Å²) in [6, 6.07) is 8.85. The van der Waals surface area contributed by atoms with Gasteiger partial charge in [0.25, 0.3) is 0 Å². The van der Waals surface area contributed by atoms with Crippen molar-refractivity contribution in [3.8, 4) is 5.75 Å². The molecule has 4 heteroatoms. The molecule has 0 radical (unpaired) electrons. The predicted octanol–water partition coefficient (Wildman–Crippen LogP) is 1.68. The van der Waals surface area contributed by atoms with Gasteiger partial charge in [-0.2, -0.15) is 0 Å². The molecule has 106 valence electrons. The van der Waals surface area contributed by atoms with Gasteiger partial charge in [0.05, 0.1) is 20.3 Å². The minimum atomic E-state index is 0.437. The van der Waals surface area contributed by atoms with Crippen molar-refractivity contribution in [2.24, 2.45) is 0 Å². The van der Waals surface area contributed by atoms with Crippen LogP contribution in [0.5, 0.6) is 5.75 Å². The molecule has 1 N–H and O–H groups in total. The Bertz CT molecular complexity index is 378. The van der Waals surface area contributed by atoms with Crippen molar-refractivity contribution in [1.82, 2.24) is 10.2 Å². The lowest BCUT2D eigenvalue weighted by Crippen LogP contribution is -2.40. The Labute approximate surface area is 115 Å². The Hall–Kier alpha value is -1.10. The summed E-state index contributed by atoms with van der Waals surface area (Å²) in [6.07, 6.45) is 1.10. The Morgan fingerprint density at radius 3 is 2.84 bits per heavy atom. The maximum Gasteiger partial charge on any atom is 0.119 e. The topological polar surface area (TPSA) is 33.7 Å². The van der Waals surface area contributed by atoms with Crippen molar-refractivity contribution < 1.29 is 9.47 Å². The molecule has 0 amide bonds. The molecule has 19 heavy (non-hydrogen) atoms. The van der Waals surface area contributed by atoms with Crippen molar-refractivity contribution in [3.63, 3.8) is 0 Å². The maximum atomic E-state index is 5.45. The Morgan fingerprint density at radius 2 is 2.16 bits per heavy atom. The highest BCUT2D eigenvalue weighted by atomic mass is 16.5. The van der Waals surface area contributed by atoms with Crippen molar-refractivity contribution in [3.05, 3.63) is 29.8 Å². The quantitative estimate of drug-likeness (QED) is 0.847. The molecule has 2 rings (SSSR count). The third-order valence-corrected chi connectivity index (χ3v) is 3.63. The van der Waals surface area contributed by atoms with Crippen LogP contribution in [0.4, 0.5) is 0 Å². The first-order chi connectivity index (χ1) is 9.35. The molecule has 1 aliphatic rings. The molecule has 1 saturated heterocycles. The van der Waals surface area contributed by atoms with Gasteiger partial charge in [0.1, 0.15) is 5.75 Å². The number of benzene rings is 1. The lowest BCUT2D eigenvalue weighted by molar-refractivity contribution is 0.0143. The van der Waals surface area contributed by atoms with E-state index < -0.39 is 0 Å². The first-order valence-electron chi connectivity index (χ1n) is 6.95. The summed E-state index contributed by atoms with van der Waals surface area (Å²) in [5.41, 5.74) is 1.33. The normalized spacial score (nSPS) is 18.2. The standard InChI is InChI=1S/C15H24N2O2/c1-16-7-6-15(17-8-10-19-11-9-17)13-4-3-5-14(12-13)18-2/h3-5,12,15-16H,6-11H2,1-2H3. The molecule has 0 saturated carbocycles. The summed E-state index contributed by atoms with van der Waals surface area (Å²) in [6.45, 7) is 4.69. The number of morpholine rings is 1. The van der Waals surface area contributed by atoms with Crippen LogP contribution in [0.1, 0.15) is 18.0 Å². The van der Waals surface area contributed by atoms with Gasteiger partial charge in [-0.3, -0.25) is 4.90 Å². The summed E-state index contributed by atoms with van der Waals surface area (Å²) < 4.78 is 10.8. The fourth-order valence-electron chi connectivity index (χ4n) is 2.58. The predicted molar refractivity (Wildman–Crippen MR) is 76.7 cm³/mol. The zero-order chi connectivity index (χ0) is 13.5. The molecule has 1 heterocycles. The SMILES string of the molecule is CNCCC(c1cccc(OC)c1)N1CCOCC1. The van der Waals surface area contributed by atoms with Gasteiger partial charge in [-0.1, -0.05) is 12.1 Å². The smallest absolute Gasteiger partial charge is 0.119 e. The molecular formula is C15H24N2O2. The van der Waals surface area contributed by atoms with Gasteiger partial charge in [0.2, 0.25) is 0 Å². The van der Waals surface area contributed by atoms with Gasteiger partial charge in [-0.25, -0.2) is 0 Å². The van der Waals surface area contributed by atoms with Gasteiger partial charge in [-0.15, -0.1) is 0 Å². The van der Waals surface area contributed by atoms with Crippen LogP contribution in [0.25, 0.3) is 0 Å². The van der Waals surface area contributed by atoms with E-state index in [-0.39, 0.29) is 0 Å². The highest BCUT2D eigenvalue weighted by Crippen LogP contribution is 2.27. The van der Waals surface area contributed by atoms with Crippen molar-refractivity contribution in [1.29, 1.82) is 0 Å². The van der Waals surface area contributed by atoms with Crippen molar-refractivity contribution in [2.75, 3.05) is 47.0 Å². The summed E-state index contributed by atoms with van der Waals surface area (Å²) in [5.74, 6) is 0.931. The van der Waals surface area contributed by atoms with E-state index >= 15 is 0 Å². The molecule has 1 aliphatic heterocycles. The zero-order valence-electron chi connectivity index (χ0n) is 11.9. The second kappa shape index (κ2) is 7.48. The summed E-state index contributed by atoms with van der Waals surface area (Å²) in [7, 11) is 3.72. The van der Waals surface area contributed by atoms with Crippen LogP contribution in [-0.2, 0) is 4.74 Å². The van der Waals surface area contributed by atoms with Crippen LogP contribution in [0, 0.1) is 0 Å². The summed E-state index contributed by atoms with van der Waals surface area (Å²) >= 11 is 0. The number of rotatable bonds is 6. The van der Waals surface area contributed by atoms with E-state index in [1.165, 1.54) is 5.56 Å². The van der Waals surface area contributed by atoms with Gasteiger partial charge < -0.3 is 14.8 Å². The van der Waals surface area contributed by atoms with E-state index in [1.807, 2.05) is 13.1 Å². The largest absolute Gasteiger partial charge is 0.497 e. The summed E-state index contributed by atoms with van der Waals surface area (Å²) in [5, 5.41) is 3.25. The molecule has 0 bridgehead atoms. The molecule has 1 fully saturated rings. The highest BCUT2D eigenvalue weighted by molar-refractivity contribution is 5.30. The van der Waals surface area contributed by atoms with E-state index in [0.29, 0.717) is 6.04 Å². The molecule has 0 aromatic heterocycles. The third kappa shape index (κ3) is 3.93. The fourth-order valence-corrected chi connectivity index (χ4v) is 2.58. The van der Waals surface area contributed by atoms with Crippen molar-refractivity contribution >= 4 is 0 Å². The minimum Gasteiger partial charge on any atom is -0.497 e. The molecule has 0 aliphatic carbocycles. The maximum absolute atomic E-state index is 5.45. The number of nitrogens with zero attached hydrogens (tertiary/aromatic N) is 1. The lowest BCUT2D eigenvalue weighted by atomic mass is 10.0. The van der Waals surface area contributed by atoms with Crippen LogP contribution in [0.15, 0.2) is 24.3 Å². The van der Waals surface area contributed by atoms with Crippen LogP contribution in [0.3, 0.4) is 0 Å². The second-order valence-electron chi connectivity index (χ2n) is 4.83. The molecule has 4 nitrogen and oxygen atoms in total. The summed E-state index contributed by atoms with van der Waals surface area (Å²) in [4.78, 5) is 2.51. The molecule has 0 spiro atoms. The monoisotopic (exact) mass is 264 g/mol. The van der Waals surface area contributed by atoms with Crippen LogP contribution < -0.4 is 10.1 Å². The highest BCUT2D eigenvalue weighted by Gasteiger charge is 2.22. The molecule has 1 unspecified atom stereocenters. The average molecular weight is 264 g/mol. The fraction of sp³-hybridized carbons (Fsp3) is 0.600. The zero-order valence-corrected chi connectivity index (χ0v) is 11.9. The lowest BCUT2D eigenvalue weighted by Gasteiger charge is -2.35. The van der Waals surface area contributed by atoms with E-state index in [0.717, 1.165) is 45.0 Å². The van der Waals surface area contributed by atoms with Gasteiger partial charge >= 0.3 is 0 Å². The molecular weight excluding hydrogens is 240 g/mol. The van der Waals surface area contributed by atoms with E-state index in [4.69, 9.17) is 9.47 Å². The molecule has 1 aromatic rings. The minimum absolute atomic E-state index is 0.437. The van der Waals surface area contributed by atoms with Gasteiger partial charge in [0.15, 0.2) is 0 Å². The Balaban J connectivity index is 2.14. The van der Waals surface area contributed by atoms with Crippen LogP contribution >= 0.6 is 0 Å². The number of hydrogen-bond acceptors (Lipinski definition) is 4. The average Bonchev–Trinajstić information content (AvgIpc) is 2.49. The van der Waals surface area contributed by atoms with E-state index in [2.05, 4.69) is 28.4 Å². The Morgan fingerprint density at radius 1 is 1.37 bits per heavy atom. The van der Waals surface area contributed by atoms with E-state index in [9.17, 15) is 0 Å². The van der Waals surface area contributed by atoms with Crippen LogP contribution in [0.2, 0.25) is 0 Å². The number of methoxy groups -OCH3 is 1. The molecule has 1 aromatic carbocycles. The first kappa shape index (κ1) is 14.3. The third-order valence-electron chi connectivity index (χ3n) is 3.63. The number of ether oxygens (including phenoxy) is 2. The van der Waals surface area contributed by atoms with Crippen molar-refractivity contribution in [2.45, 2.75) is 12.5 Å². The second-order valence-corrected chi connectivity index (χ2v) is 4.83. The molecule has 1 atom stereocenters.